The molecule has 2 saturated heterocycles. The van der Waals surface area contributed by atoms with Crippen molar-refractivity contribution in [2.45, 2.75) is 38.1 Å². The summed E-state index contributed by atoms with van der Waals surface area (Å²) >= 11 is 0. The lowest BCUT2D eigenvalue weighted by molar-refractivity contribution is -0.138. The van der Waals surface area contributed by atoms with Crippen molar-refractivity contribution < 1.29 is 42.9 Å². The number of aliphatic carboxylic acids is 1. The number of hydrogen-bond acceptors (Lipinski definition) is 8. The van der Waals surface area contributed by atoms with Crippen LogP contribution in [0.25, 0.3) is 10.9 Å². The van der Waals surface area contributed by atoms with Gasteiger partial charge in [0.15, 0.2) is 6.61 Å². The summed E-state index contributed by atoms with van der Waals surface area (Å²) < 4.78 is 25.3. The molecule has 14 heteroatoms. The molecular formula is C34H38FN5O8. The molecule has 2 aromatic carbocycles. The molecule has 48 heavy (non-hydrogen) atoms. The number of amides is 4. The number of nitrogens with zero attached hydrogens (tertiary/aromatic N) is 4. The fraction of sp³-hybridized carbons (Fsp3) is 0.412. The summed E-state index contributed by atoms with van der Waals surface area (Å²) in [6.07, 6.45) is -0.379. The molecule has 0 aliphatic carbocycles. The van der Waals surface area contributed by atoms with Gasteiger partial charge in [-0.3, -0.25) is 19.2 Å². The van der Waals surface area contributed by atoms with E-state index in [9.17, 15) is 33.5 Å². The van der Waals surface area contributed by atoms with E-state index in [1.165, 1.54) is 21.9 Å². The molecule has 2 aliphatic rings. The first-order valence-electron chi connectivity index (χ1n) is 15.9. The Morgan fingerprint density at radius 1 is 0.979 bits per heavy atom. The first kappa shape index (κ1) is 34.1. The van der Waals surface area contributed by atoms with Crippen molar-refractivity contribution in [3.63, 3.8) is 0 Å². The van der Waals surface area contributed by atoms with Gasteiger partial charge in [-0.25, -0.2) is 14.2 Å². The van der Waals surface area contributed by atoms with Crippen LogP contribution in [0.1, 0.15) is 48.2 Å². The Kier molecular flexibility index (Phi) is 11.0. The van der Waals surface area contributed by atoms with Crippen LogP contribution < -0.4 is 10.1 Å². The van der Waals surface area contributed by atoms with E-state index in [2.05, 4.69) is 10.3 Å². The molecule has 5 rings (SSSR count). The number of rotatable bonds is 11. The number of ether oxygens (including phenoxy) is 2. The highest BCUT2D eigenvalue weighted by Gasteiger charge is 2.32. The van der Waals surface area contributed by atoms with Gasteiger partial charge in [0.05, 0.1) is 12.1 Å². The van der Waals surface area contributed by atoms with Crippen molar-refractivity contribution in [1.82, 2.24) is 25.0 Å². The predicted molar refractivity (Wildman–Crippen MR) is 171 cm³/mol. The quantitative estimate of drug-likeness (QED) is 0.315. The van der Waals surface area contributed by atoms with Crippen molar-refractivity contribution in [1.29, 1.82) is 0 Å². The van der Waals surface area contributed by atoms with Crippen LogP contribution in [0.15, 0.2) is 54.6 Å². The molecule has 0 bridgehead atoms. The molecule has 13 nitrogen and oxygen atoms in total. The van der Waals surface area contributed by atoms with E-state index in [0.717, 1.165) is 0 Å². The molecule has 3 heterocycles. The number of piperazine rings is 1. The minimum Gasteiger partial charge on any atom is -0.483 e. The summed E-state index contributed by atoms with van der Waals surface area (Å²) in [4.78, 5) is 72.6. The van der Waals surface area contributed by atoms with Crippen molar-refractivity contribution in [2.24, 2.45) is 0 Å². The van der Waals surface area contributed by atoms with E-state index in [0.29, 0.717) is 36.0 Å². The fourth-order valence-corrected chi connectivity index (χ4v) is 5.96. The van der Waals surface area contributed by atoms with Gasteiger partial charge in [-0.2, -0.15) is 0 Å². The molecule has 2 aliphatic heterocycles. The van der Waals surface area contributed by atoms with Crippen molar-refractivity contribution in [3.8, 4) is 5.75 Å². The average molecular weight is 664 g/mol. The fourth-order valence-electron chi connectivity index (χ4n) is 5.96. The number of fused-ring (bicyclic) bond motifs is 1. The van der Waals surface area contributed by atoms with Crippen LogP contribution in [0, 0.1) is 5.82 Å². The maximum absolute atomic E-state index is 14.3. The Morgan fingerprint density at radius 3 is 2.42 bits per heavy atom. The van der Waals surface area contributed by atoms with Gasteiger partial charge in [0, 0.05) is 63.1 Å². The number of hydrogen-bond donors (Lipinski definition) is 2. The average Bonchev–Trinajstić information content (AvgIpc) is 3.59. The largest absolute Gasteiger partial charge is 0.483 e. The van der Waals surface area contributed by atoms with Gasteiger partial charge >= 0.3 is 12.1 Å². The zero-order valence-corrected chi connectivity index (χ0v) is 26.6. The number of carbonyl (C=O) groups is 5. The van der Waals surface area contributed by atoms with Crippen LogP contribution in [0.2, 0.25) is 0 Å². The molecular weight excluding hydrogens is 625 g/mol. The normalized spacial score (nSPS) is 16.8. The van der Waals surface area contributed by atoms with Crippen LogP contribution in [0.5, 0.6) is 5.75 Å². The molecule has 0 saturated carbocycles. The summed E-state index contributed by atoms with van der Waals surface area (Å²) in [6, 6.07) is 13.7. The molecule has 254 valence electrons. The van der Waals surface area contributed by atoms with E-state index >= 15 is 0 Å². The summed E-state index contributed by atoms with van der Waals surface area (Å²) in [5.41, 5.74) is 0.901. The molecule has 3 aromatic rings. The van der Waals surface area contributed by atoms with E-state index in [1.807, 2.05) is 0 Å². The highest BCUT2D eigenvalue weighted by atomic mass is 19.1. The Labute approximate surface area is 276 Å². The second-order valence-corrected chi connectivity index (χ2v) is 11.6. The molecule has 0 radical (unpaired) electrons. The molecule has 1 aromatic heterocycles. The third-order valence-electron chi connectivity index (χ3n) is 8.52. The molecule has 2 fully saturated rings. The number of nitrogens with one attached hydrogen (secondary N) is 1. The van der Waals surface area contributed by atoms with Crippen LogP contribution in [0.4, 0.5) is 9.18 Å². The summed E-state index contributed by atoms with van der Waals surface area (Å²) in [5.74, 6) is -2.81. The number of halogens is 1. The lowest BCUT2D eigenvalue weighted by atomic mass is 9.98. The summed E-state index contributed by atoms with van der Waals surface area (Å²) in [7, 11) is 0. The highest BCUT2D eigenvalue weighted by molar-refractivity contribution is 5.99. The third-order valence-corrected chi connectivity index (χ3v) is 8.52. The molecule has 1 unspecified atom stereocenters. The first-order chi connectivity index (χ1) is 23.1. The minimum absolute atomic E-state index is 0.0859. The molecule has 2 N–H and O–H groups in total. The number of pyridine rings is 1. The Hall–Kier alpha value is -5.27. The second-order valence-electron chi connectivity index (χ2n) is 11.6. The number of carboxylic acids is 1. The van der Waals surface area contributed by atoms with Gasteiger partial charge in [-0.1, -0.05) is 30.3 Å². The second kappa shape index (κ2) is 15.5. The lowest BCUT2D eigenvalue weighted by Crippen LogP contribution is -2.56. The SMILES string of the molecule is CCOC(=O)N1CCN(C(=O)[C@H](CCC(=O)O)NC(=O)c2cc(OCC(=O)N3CCC(c4ccccc4F)C3)c3ccccc3n2)CC1. The third kappa shape index (κ3) is 8.17. The molecule has 2 atom stereocenters. The lowest BCUT2D eigenvalue weighted by Gasteiger charge is -2.35. The topological polar surface area (TPSA) is 159 Å². The first-order valence-corrected chi connectivity index (χ1v) is 15.9. The van der Waals surface area contributed by atoms with Gasteiger partial charge < -0.3 is 34.6 Å². The number of benzene rings is 2. The number of likely N-dealkylation sites (tertiary alicyclic amines) is 1. The molecule has 0 spiro atoms. The van der Waals surface area contributed by atoms with Gasteiger partial charge in [0.2, 0.25) is 5.91 Å². The van der Waals surface area contributed by atoms with Crippen molar-refractivity contribution in [2.75, 3.05) is 52.5 Å². The van der Waals surface area contributed by atoms with E-state index in [1.54, 1.807) is 54.3 Å². The maximum atomic E-state index is 14.3. The minimum atomic E-state index is -1.17. The summed E-state index contributed by atoms with van der Waals surface area (Å²) in [5, 5.41) is 12.5. The number of aromatic nitrogens is 1. The smallest absolute Gasteiger partial charge is 0.409 e. The zero-order valence-electron chi connectivity index (χ0n) is 26.6. The van der Waals surface area contributed by atoms with Crippen molar-refractivity contribution in [3.05, 3.63) is 71.7 Å². The van der Waals surface area contributed by atoms with Gasteiger partial charge in [0.1, 0.15) is 23.3 Å². The van der Waals surface area contributed by atoms with Gasteiger partial charge in [-0.15, -0.1) is 0 Å². The summed E-state index contributed by atoms with van der Waals surface area (Å²) in [6.45, 7) is 3.26. The van der Waals surface area contributed by atoms with E-state index < -0.39 is 29.9 Å². The van der Waals surface area contributed by atoms with Crippen LogP contribution in [-0.4, -0.2) is 113 Å². The maximum Gasteiger partial charge on any atom is 0.409 e. The Balaban J connectivity index is 1.27. The predicted octanol–water partition coefficient (Wildman–Crippen LogP) is 3.03. The van der Waals surface area contributed by atoms with Crippen LogP contribution >= 0.6 is 0 Å². The standard InChI is InChI=1S/C34H38FN5O8/c1-2-47-34(46)39-17-15-38(16-18-39)33(45)27(11-12-31(42)43)37-32(44)28-19-29(24-8-4-6-10-26(24)36-28)48-21-30(41)40-14-13-22(20-40)23-7-3-5-9-25(23)35/h3-10,19,22,27H,2,11-18,20-21H2,1H3,(H,37,44)(H,42,43)/t22?,27-/m0/s1. The van der Waals surface area contributed by atoms with Crippen LogP contribution in [0.3, 0.4) is 0 Å². The van der Waals surface area contributed by atoms with Gasteiger partial charge in [0.25, 0.3) is 11.8 Å². The van der Waals surface area contributed by atoms with Crippen LogP contribution in [-0.2, 0) is 19.1 Å². The Bertz CT molecular complexity index is 1680. The monoisotopic (exact) mass is 663 g/mol. The number of para-hydroxylation sites is 1. The van der Waals surface area contributed by atoms with Crippen molar-refractivity contribution >= 4 is 40.7 Å². The van der Waals surface area contributed by atoms with Gasteiger partial charge in [-0.05, 0) is 43.5 Å². The Morgan fingerprint density at radius 2 is 1.69 bits per heavy atom. The number of carbonyl (C=O) groups excluding carboxylic acids is 4. The number of carboxylic acid groups (broad SMARTS) is 1. The zero-order chi connectivity index (χ0) is 34.2. The molecule has 4 amide bonds. The van der Waals surface area contributed by atoms with E-state index in [-0.39, 0.29) is 81.3 Å². The highest BCUT2D eigenvalue weighted by Crippen LogP contribution is 2.30. The van der Waals surface area contributed by atoms with E-state index in [4.69, 9.17) is 9.47 Å².